The summed E-state index contributed by atoms with van der Waals surface area (Å²) in [7, 11) is 11.4. The summed E-state index contributed by atoms with van der Waals surface area (Å²) in [6.45, 7) is 15.0. The lowest BCUT2D eigenvalue weighted by molar-refractivity contribution is -0.454. The van der Waals surface area contributed by atoms with Crippen molar-refractivity contribution in [3.05, 3.63) is 12.2 Å². The van der Waals surface area contributed by atoms with Gasteiger partial charge in [0.2, 0.25) is 0 Å². The van der Waals surface area contributed by atoms with Gasteiger partial charge in [-0.25, -0.2) is 4.58 Å². The number of aldehydes is 3. The van der Waals surface area contributed by atoms with E-state index < -0.39 is 0 Å². The van der Waals surface area contributed by atoms with Gasteiger partial charge in [0.15, 0.2) is 0 Å². The zero-order valence-corrected chi connectivity index (χ0v) is 18.4. The summed E-state index contributed by atoms with van der Waals surface area (Å²) in [6, 6.07) is 0. The average Bonchev–Trinajstić information content (AvgIpc) is 2.57. The molecule has 0 aliphatic rings. The predicted molar refractivity (Wildman–Crippen MR) is 126 cm³/mol. The third-order valence-corrected chi connectivity index (χ3v) is 1.25. The number of hydrogen-bond acceptors (Lipinski definition) is 6. The highest BCUT2D eigenvalue weighted by Gasteiger charge is 1.98. The average molecular weight is 409 g/mol. The second-order valence-electron chi connectivity index (χ2n) is 5.49. The molecular weight excluding hydrogens is 358 g/mol. The van der Waals surface area contributed by atoms with Crippen molar-refractivity contribution >= 4 is 32.4 Å². The first-order valence-electron chi connectivity index (χ1n) is 7.99. The van der Waals surface area contributed by atoms with E-state index in [0.29, 0.717) is 12.0 Å². The number of carbonyl (C=O) groups excluding carboxylic acids is 4. The van der Waals surface area contributed by atoms with Crippen LogP contribution in [0.1, 0.15) is 42.0 Å². The van der Waals surface area contributed by atoms with Gasteiger partial charge in [0.25, 0.3) is 0 Å². The van der Waals surface area contributed by atoms with Crippen molar-refractivity contribution in [1.29, 1.82) is 0 Å². The fourth-order valence-electron chi connectivity index (χ4n) is 0.619. The Morgan fingerprint density at radius 3 is 1.36 bits per heavy atom. The summed E-state index contributed by atoms with van der Waals surface area (Å²) in [6.07, 6.45) is 3.21. The lowest BCUT2D eigenvalue weighted by Gasteiger charge is -2.10. The zero-order valence-electron chi connectivity index (χ0n) is 18.4. The molecule has 28 heavy (non-hydrogen) atoms. The number of hydrogen-bond donors (Lipinski definition) is 1. The maximum Gasteiger partial charge on any atom is 0.145 e. The minimum atomic E-state index is 0. The summed E-state index contributed by atoms with van der Waals surface area (Å²) < 4.78 is 1.75. The van der Waals surface area contributed by atoms with Crippen LogP contribution in [0.3, 0.4) is 0 Å². The Balaban J connectivity index is -0.0000000297. The van der Waals surface area contributed by atoms with Gasteiger partial charge in [-0.15, -0.1) is 0 Å². The molecule has 0 rings (SSSR count). The molecule has 0 aromatic rings. The Labute approximate surface area is 175 Å². The number of allylic oxidation sites excluding steroid dienone is 1. The van der Waals surface area contributed by atoms with Gasteiger partial charge in [0.05, 0.1) is 0 Å². The van der Waals surface area contributed by atoms with Crippen LogP contribution in [0.4, 0.5) is 0 Å². The minimum absolute atomic E-state index is 0. The third-order valence-electron chi connectivity index (χ3n) is 1.25. The Kier molecular flexibility index (Phi) is 101. The number of nitrogens with one attached hydrogen (secondary N) is 1. The molecule has 0 fully saturated rings. The van der Waals surface area contributed by atoms with Gasteiger partial charge in [0.1, 0.15) is 46.5 Å². The van der Waals surface area contributed by atoms with Gasteiger partial charge in [-0.05, 0) is 40.7 Å². The highest BCUT2D eigenvalue weighted by molar-refractivity contribution is 5.70. The summed E-state index contributed by atoms with van der Waals surface area (Å²) in [5.41, 5.74) is 0.574. The SMILES string of the molecule is C.C.C=C(C)C=O.C=O.C=[N+](C)C.CC(C=O)CN(C)C.CCC=O.CNC. The quantitative estimate of drug-likeness (QED) is 0.326. The molecule has 0 spiro atoms. The maximum absolute atomic E-state index is 10.0. The van der Waals surface area contributed by atoms with E-state index in [9.17, 15) is 14.4 Å². The van der Waals surface area contributed by atoms with Gasteiger partial charge in [-0.1, -0.05) is 35.3 Å². The van der Waals surface area contributed by atoms with Crippen LogP contribution >= 0.6 is 0 Å². The molecule has 7 heteroatoms. The summed E-state index contributed by atoms with van der Waals surface area (Å²) in [5.74, 6) is 0.171. The van der Waals surface area contributed by atoms with Gasteiger partial charge < -0.3 is 24.6 Å². The molecule has 0 amide bonds. The molecule has 0 aromatic heterocycles. The second kappa shape index (κ2) is 56.2. The van der Waals surface area contributed by atoms with Crippen molar-refractivity contribution in [2.45, 2.75) is 42.0 Å². The first-order valence-corrected chi connectivity index (χ1v) is 7.99. The van der Waals surface area contributed by atoms with Crippen molar-refractivity contribution in [2.75, 3.05) is 48.8 Å². The summed E-state index contributed by atoms with van der Waals surface area (Å²) >= 11 is 0. The molecule has 0 saturated heterocycles. The zero-order chi connectivity index (χ0) is 22.6. The molecule has 0 radical (unpaired) electrons. The van der Waals surface area contributed by atoms with Gasteiger partial charge in [0, 0.05) is 18.9 Å². The van der Waals surface area contributed by atoms with Gasteiger partial charge in [-0.3, -0.25) is 4.79 Å². The monoisotopic (exact) mass is 408 g/mol. The fraction of sp³-hybridized carbons (Fsp3) is 0.667. The highest BCUT2D eigenvalue weighted by atomic mass is 16.1. The normalized spacial score (nSPS) is 7.79. The molecule has 1 unspecified atom stereocenters. The van der Waals surface area contributed by atoms with E-state index in [1.165, 1.54) is 0 Å². The van der Waals surface area contributed by atoms with Gasteiger partial charge >= 0.3 is 0 Å². The topological polar surface area (TPSA) is 86.6 Å². The van der Waals surface area contributed by atoms with Crippen LogP contribution in [0.25, 0.3) is 0 Å². The van der Waals surface area contributed by atoms with E-state index in [1.54, 1.807) is 11.5 Å². The molecule has 0 heterocycles. The largest absolute Gasteiger partial charge is 0.323 e. The molecule has 0 aliphatic heterocycles. The Morgan fingerprint density at radius 2 is 1.32 bits per heavy atom. The molecular formula is C21H50N3O4+. The minimum Gasteiger partial charge on any atom is -0.323 e. The fourth-order valence-corrected chi connectivity index (χ4v) is 0.619. The van der Waals surface area contributed by atoms with E-state index in [0.717, 1.165) is 25.4 Å². The van der Waals surface area contributed by atoms with Crippen LogP contribution in [0, 0.1) is 5.92 Å². The van der Waals surface area contributed by atoms with Crippen LogP contribution < -0.4 is 5.32 Å². The third kappa shape index (κ3) is 259. The van der Waals surface area contributed by atoms with E-state index in [-0.39, 0.29) is 20.8 Å². The predicted octanol–water partition coefficient (Wildman–Crippen LogP) is 2.62. The Hall–Kier alpha value is -1.99. The van der Waals surface area contributed by atoms with Crippen LogP contribution in [-0.2, 0) is 19.2 Å². The van der Waals surface area contributed by atoms with Crippen molar-refractivity contribution in [3.63, 3.8) is 0 Å². The smallest absolute Gasteiger partial charge is 0.145 e. The maximum atomic E-state index is 10.0. The van der Waals surface area contributed by atoms with E-state index in [2.05, 4.69) is 18.6 Å². The Bertz CT molecular complexity index is 317. The van der Waals surface area contributed by atoms with E-state index in [4.69, 9.17) is 4.79 Å². The van der Waals surface area contributed by atoms with Crippen LogP contribution in [-0.4, -0.2) is 90.7 Å². The van der Waals surface area contributed by atoms with Crippen LogP contribution in [0.5, 0.6) is 0 Å². The molecule has 0 bridgehead atoms. The first kappa shape index (κ1) is 50.2. The van der Waals surface area contributed by atoms with Crippen LogP contribution in [0.15, 0.2) is 12.2 Å². The number of carbonyl (C=O) groups is 4. The van der Waals surface area contributed by atoms with E-state index >= 15 is 0 Å². The highest BCUT2D eigenvalue weighted by Crippen LogP contribution is 1.88. The number of rotatable bonds is 5. The molecule has 0 saturated carbocycles. The standard InChI is InChI=1S/C6H13NO.C4H6O.C3H8N.C3H6O.C2H7N.CH2O.2CH4/c1-6(5-8)4-7(2)3;1-4(2)3-5;1-4(2)3;1-2-3-4;1-3-2;1-2;;/h5-6H,4H2,1-3H3;3H,1H2,2H3;1H2,2-3H3;3H,2H2,1H3;3H,1-2H3;1H2;2*1H4/q;;+1;;;;;. The molecule has 7 nitrogen and oxygen atoms in total. The summed E-state index contributed by atoms with van der Waals surface area (Å²) in [4.78, 5) is 38.6. The molecule has 0 aliphatic carbocycles. The molecule has 1 N–H and O–H groups in total. The van der Waals surface area contributed by atoms with Crippen molar-refractivity contribution in [2.24, 2.45) is 5.92 Å². The van der Waals surface area contributed by atoms with Crippen molar-refractivity contribution in [3.8, 4) is 0 Å². The molecule has 1 atom stereocenters. The first-order chi connectivity index (χ1) is 12.0. The summed E-state index contributed by atoms with van der Waals surface area (Å²) in [5, 5.41) is 2.75. The molecule has 172 valence electrons. The lowest BCUT2D eigenvalue weighted by atomic mass is 10.2. The molecule has 0 aromatic carbocycles. The second-order valence-corrected chi connectivity index (χ2v) is 5.49. The van der Waals surface area contributed by atoms with Crippen LogP contribution in [0.2, 0.25) is 0 Å². The van der Waals surface area contributed by atoms with Crippen molar-refractivity contribution in [1.82, 2.24) is 10.2 Å². The Morgan fingerprint density at radius 1 is 1.11 bits per heavy atom. The number of nitrogens with zero attached hydrogens (tertiary/aromatic N) is 2. The lowest BCUT2D eigenvalue weighted by Crippen LogP contribution is -2.20. The van der Waals surface area contributed by atoms with Crippen molar-refractivity contribution < 1.29 is 23.8 Å². The van der Waals surface area contributed by atoms with E-state index in [1.807, 2.05) is 67.8 Å². The van der Waals surface area contributed by atoms with Gasteiger partial charge in [-0.2, -0.15) is 0 Å².